The summed E-state index contributed by atoms with van der Waals surface area (Å²) < 4.78 is 0. The van der Waals surface area contributed by atoms with Crippen LogP contribution in [0.2, 0.25) is 0 Å². The first-order valence-corrected chi connectivity index (χ1v) is 9.51. The lowest BCUT2D eigenvalue weighted by atomic mass is 10.2. The highest BCUT2D eigenvalue weighted by molar-refractivity contribution is 5.94. The van der Waals surface area contributed by atoms with Gasteiger partial charge in [0.25, 0.3) is 5.91 Å². The Morgan fingerprint density at radius 2 is 1.77 bits per heavy atom. The molecule has 0 saturated heterocycles. The van der Waals surface area contributed by atoms with E-state index in [-0.39, 0.29) is 17.4 Å². The molecule has 0 atom stereocenters. The van der Waals surface area contributed by atoms with Crippen LogP contribution in [0.1, 0.15) is 15.9 Å². The molecule has 3 aromatic heterocycles. The number of carbonyl (C=O) groups excluding carboxylic acids is 1. The second kappa shape index (κ2) is 9.31. The van der Waals surface area contributed by atoms with Gasteiger partial charge in [-0.1, -0.05) is 36.4 Å². The third kappa shape index (κ3) is 4.73. The minimum absolute atomic E-state index is 0.274. The summed E-state index contributed by atoms with van der Waals surface area (Å²) >= 11 is 0. The molecule has 4 N–H and O–H groups in total. The number of aromatic nitrogens is 4. The summed E-state index contributed by atoms with van der Waals surface area (Å²) in [5.74, 6) is 1.06. The highest BCUT2D eigenvalue weighted by Gasteiger charge is 2.19. The monoisotopic (exact) mass is 412 g/mol. The van der Waals surface area contributed by atoms with Crippen LogP contribution in [-0.4, -0.2) is 25.8 Å². The van der Waals surface area contributed by atoms with Crippen molar-refractivity contribution in [3.8, 4) is 0 Å². The third-order valence-electron chi connectivity index (χ3n) is 4.45. The molecule has 31 heavy (non-hydrogen) atoms. The van der Waals surface area contributed by atoms with Crippen LogP contribution >= 0.6 is 0 Å². The Bertz CT molecular complexity index is 1140. The van der Waals surface area contributed by atoms with E-state index in [9.17, 15) is 4.79 Å². The van der Waals surface area contributed by atoms with Crippen molar-refractivity contribution in [1.29, 1.82) is 0 Å². The van der Waals surface area contributed by atoms with Crippen LogP contribution in [0.4, 0.5) is 23.1 Å². The normalized spacial score (nSPS) is 10.3. The molecule has 9 nitrogen and oxygen atoms in total. The number of hydrogen-bond acceptors (Lipinski definition) is 8. The van der Waals surface area contributed by atoms with E-state index in [0.717, 1.165) is 5.56 Å². The number of pyridine rings is 2. The molecule has 0 unspecified atom stereocenters. The van der Waals surface area contributed by atoms with Gasteiger partial charge in [-0.3, -0.25) is 20.6 Å². The Hall–Kier alpha value is -4.53. The largest absolute Gasteiger partial charge is 0.393 e. The van der Waals surface area contributed by atoms with Gasteiger partial charge in [-0.25, -0.2) is 15.0 Å². The van der Waals surface area contributed by atoms with Crippen LogP contribution in [0, 0.1) is 0 Å². The molecule has 0 bridgehead atoms. The van der Waals surface area contributed by atoms with Crippen molar-refractivity contribution in [1.82, 2.24) is 25.4 Å². The van der Waals surface area contributed by atoms with E-state index >= 15 is 0 Å². The Labute approximate surface area is 179 Å². The zero-order valence-electron chi connectivity index (χ0n) is 16.5. The highest BCUT2D eigenvalue weighted by Crippen LogP contribution is 2.31. The number of hydrogen-bond donors (Lipinski definition) is 3. The Morgan fingerprint density at radius 1 is 0.935 bits per heavy atom. The fourth-order valence-electron chi connectivity index (χ4n) is 2.93. The zero-order valence-corrected chi connectivity index (χ0v) is 16.5. The SMILES string of the molecule is Nc1c(NNC(=O)c2cccnc2)ncnc1N(Cc1ccccc1)c1ccccn1. The lowest BCUT2D eigenvalue weighted by Gasteiger charge is -2.24. The van der Waals surface area contributed by atoms with E-state index in [2.05, 4.69) is 30.8 Å². The van der Waals surface area contributed by atoms with E-state index < -0.39 is 0 Å². The lowest BCUT2D eigenvalue weighted by molar-refractivity contribution is 0.0962. The van der Waals surface area contributed by atoms with Crippen molar-refractivity contribution in [2.45, 2.75) is 6.54 Å². The Morgan fingerprint density at radius 3 is 2.52 bits per heavy atom. The average molecular weight is 412 g/mol. The third-order valence-corrected chi connectivity index (χ3v) is 4.45. The van der Waals surface area contributed by atoms with Gasteiger partial charge < -0.3 is 10.6 Å². The van der Waals surface area contributed by atoms with Crippen molar-refractivity contribution >= 4 is 29.0 Å². The second-order valence-electron chi connectivity index (χ2n) is 6.54. The van der Waals surface area contributed by atoms with Crippen LogP contribution in [0.3, 0.4) is 0 Å². The lowest BCUT2D eigenvalue weighted by Crippen LogP contribution is -2.31. The summed E-state index contributed by atoms with van der Waals surface area (Å²) in [4.78, 5) is 31.1. The molecule has 9 heteroatoms. The molecule has 0 spiro atoms. The maximum Gasteiger partial charge on any atom is 0.271 e. The zero-order chi connectivity index (χ0) is 21.5. The summed E-state index contributed by atoms with van der Waals surface area (Å²) in [7, 11) is 0. The van der Waals surface area contributed by atoms with Gasteiger partial charge in [0.1, 0.15) is 17.8 Å². The van der Waals surface area contributed by atoms with Gasteiger partial charge in [-0.15, -0.1) is 0 Å². The standard InChI is InChI=1S/C22H20N8O/c23-19-20(28-29-22(31)17-9-6-11-24-13-17)26-15-27-21(19)30(18-10-4-5-12-25-18)14-16-7-2-1-3-8-16/h1-13,15H,14,23H2,(H,29,31)(H,26,27,28). The minimum Gasteiger partial charge on any atom is -0.393 e. The maximum absolute atomic E-state index is 12.3. The molecule has 0 aliphatic heterocycles. The number of rotatable bonds is 7. The van der Waals surface area contributed by atoms with Crippen molar-refractivity contribution in [3.63, 3.8) is 0 Å². The van der Waals surface area contributed by atoms with Gasteiger partial charge in [0.05, 0.1) is 12.1 Å². The second-order valence-corrected chi connectivity index (χ2v) is 6.54. The number of nitrogen functional groups attached to an aromatic ring is 1. The molecule has 154 valence electrons. The summed E-state index contributed by atoms with van der Waals surface area (Å²) in [6, 6.07) is 18.9. The molecule has 4 rings (SSSR count). The van der Waals surface area contributed by atoms with Crippen LogP contribution < -0.4 is 21.5 Å². The molecular formula is C22H20N8O. The van der Waals surface area contributed by atoms with Gasteiger partial charge in [-0.05, 0) is 29.8 Å². The first kappa shape index (κ1) is 19.8. The molecule has 1 aromatic carbocycles. The van der Waals surface area contributed by atoms with Crippen LogP contribution in [-0.2, 0) is 6.54 Å². The number of nitrogens with two attached hydrogens (primary N) is 1. The number of carbonyl (C=O) groups is 1. The van der Waals surface area contributed by atoms with Gasteiger partial charge in [0, 0.05) is 18.6 Å². The van der Waals surface area contributed by atoms with Crippen molar-refractivity contribution in [2.24, 2.45) is 0 Å². The predicted octanol–water partition coefficient (Wildman–Crippen LogP) is 2.94. The quantitative estimate of drug-likeness (QED) is 0.396. The summed E-state index contributed by atoms with van der Waals surface area (Å²) in [5.41, 5.74) is 13.5. The first-order chi connectivity index (χ1) is 15.2. The molecule has 0 saturated carbocycles. The van der Waals surface area contributed by atoms with E-state index in [1.165, 1.54) is 12.5 Å². The number of nitrogens with one attached hydrogen (secondary N) is 2. The molecule has 0 aliphatic carbocycles. The Balaban J connectivity index is 1.61. The predicted molar refractivity (Wildman–Crippen MR) is 118 cm³/mol. The van der Waals surface area contributed by atoms with Crippen molar-refractivity contribution < 1.29 is 4.79 Å². The first-order valence-electron chi connectivity index (χ1n) is 9.51. The number of amides is 1. The number of anilines is 4. The summed E-state index contributed by atoms with van der Waals surface area (Å²) in [6.45, 7) is 0.501. The van der Waals surface area contributed by atoms with Gasteiger partial charge in [0.2, 0.25) is 0 Å². The van der Waals surface area contributed by atoms with Crippen molar-refractivity contribution in [2.75, 3.05) is 16.1 Å². The topological polar surface area (TPSA) is 122 Å². The van der Waals surface area contributed by atoms with Gasteiger partial charge >= 0.3 is 0 Å². The van der Waals surface area contributed by atoms with Crippen LogP contribution in [0.15, 0.2) is 85.6 Å². The van der Waals surface area contributed by atoms with E-state index in [0.29, 0.717) is 23.7 Å². The highest BCUT2D eigenvalue weighted by atomic mass is 16.2. The van der Waals surface area contributed by atoms with E-state index in [1.807, 2.05) is 53.4 Å². The molecule has 1 amide bonds. The van der Waals surface area contributed by atoms with Crippen molar-refractivity contribution in [3.05, 3.63) is 96.7 Å². The number of nitrogens with zero attached hydrogens (tertiary/aromatic N) is 5. The summed E-state index contributed by atoms with van der Waals surface area (Å²) in [6.07, 6.45) is 6.15. The molecule has 4 aromatic rings. The fourth-order valence-corrected chi connectivity index (χ4v) is 2.93. The molecule has 3 heterocycles. The number of benzene rings is 1. The van der Waals surface area contributed by atoms with Gasteiger partial charge in [0.15, 0.2) is 11.6 Å². The molecule has 0 aliphatic rings. The van der Waals surface area contributed by atoms with E-state index in [1.54, 1.807) is 24.5 Å². The molecule has 0 fully saturated rings. The minimum atomic E-state index is -0.362. The average Bonchev–Trinajstić information content (AvgIpc) is 2.84. The fraction of sp³-hybridized carbons (Fsp3) is 0.0455. The molecule has 0 radical (unpaired) electrons. The maximum atomic E-state index is 12.3. The Kier molecular flexibility index (Phi) is 5.94. The number of hydrazine groups is 1. The summed E-state index contributed by atoms with van der Waals surface area (Å²) in [5, 5.41) is 0. The van der Waals surface area contributed by atoms with Gasteiger partial charge in [-0.2, -0.15) is 0 Å². The van der Waals surface area contributed by atoms with Crippen LogP contribution in [0.5, 0.6) is 0 Å². The molecular weight excluding hydrogens is 392 g/mol. The van der Waals surface area contributed by atoms with Crippen LogP contribution in [0.25, 0.3) is 0 Å². The van der Waals surface area contributed by atoms with E-state index in [4.69, 9.17) is 5.73 Å². The smallest absolute Gasteiger partial charge is 0.271 e.